The summed E-state index contributed by atoms with van der Waals surface area (Å²) in [5.74, 6) is -0.263. The molecule has 0 spiro atoms. The minimum absolute atomic E-state index is 0.136. The van der Waals surface area contributed by atoms with E-state index in [9.17, 15) is 14.0 Å². The van der Waals surface area contributed by atoms with Gasteiger partial charge in [0.2, 0.25) is 5.91 Å². The Bertz CT molecular complexity index is 776. The van der Waals surface area contributed by atoms with Crippen molar-refractivity contribution in [3.05, 3.63) is 59.9 Å². The van der Waals surface area contributed by atoms with E-state index in [0.717, 1.165) is 12.8 Å². The average Bonchev–Trinajstić information content (AvgIpc) is 2.62. The van der Waals surface area contributed by atoms with Gasteiger partial charge in [0, 0.05) is 24.7 Å². The molecular weight excluding hydrogens is 323 g/mol. The van der Waals surface area contributed by atoms with Crippen molar-refractivity contribution in [1.29, 1.82) is 0 Å². The number of primary amides is 1. The van der Waals surface area contributed by atoms with E-state index in [0.29, 0.717) is 30.2 Å². The van der Waals surface area contributed by atoms with Gasteiger partial charge in [0.25, 0.3) is 5.91 Å². The predicted molar refractivity (Wildman–Crippen MR) is 90.7 cm³/mol. The number of ether oxygens (including phenoxy) is 1. The highest BCUT2D eigenvalue weighted by molar-refractivity contribution is 5.94. The molecule has 0 aliphatic carbocycles. The van der Waals surface area contributed by atoms with Gasteiger partial charge in [-0.15, -0.1) is 0 Å². The Balaban J connectivity index is 1.67. The molecule has 2 N–H and O–H groups in total. The number of carbonyl (C=O) groups excluding carboxylic acids is 2. The lowest BCUT2D eigenvalue weighted by Gasteiger charge is -2.31. The molecule has 1 aliphatic heterocycles. The van der Waals surface area contributed by atoms with Crippen LogP contribution in [0.5, 0.6) is 11.5 Å². The minimum Gasteiger partial charge on any atom is -0.457 e. The molecule has 1 aliphatic rings. The maximum atomic E-state index is 13.2. The van der Waals surface area contributed by atoms with Gasteiger partial charge in [-0.3, -0.25) is 9.59 Å². The Morgan fingerprint density at radius 2 is 1.88 bits per heavy atom. The molecule has 1 unspecified atom stereocenters. The van der Waals surface area contributed by atoms with Gasteiger partial charge >= 0.3 is 0 Å². The number of piperidine rings is 1. The Kier molecular flexibility index (Phi) is 4.97. The normalized spacial score (nSPS) is 17.2. The van der Waals surface area contributed by atoms with Crippen LogP contribution in [0.2, 0.25) is 0 Å². The molecule has 1 heterocycles. The third kappa shape index (κ3) is 4.15. The third-order valence-electron chi connectivity index (χ3n) is 4.24. The standard InChI is InChI=1S/C19H19FN2O3/c20-15-4-1-5-17(11-15)25-16-8-6-13(7-9-16)19(24)22-10-2-3-14(12-22)18(21)23/h1,4-9,11,14H,2-3,10,12H2,(H2,21,23). The van der Waals surface area contributed by atoms with Gasteiger partial charge in [0.1, 0.15) is 17.3 Å². The van der Waals surface area contributed by atoms with Crippen molar-refractivity contribution in [3.63, 3.8) is 0 Å². The SMILES string of the molecule is NC(=O)C1CCCN(C(=O)c2ccc(Oc3cccc(F)c3)cc2)C1. The van der Waals surface area contributed by atoms with E-state index in [-0.39, 0.29) is 23.5 Å². The van der Waals surface area contributed by atoms with Gasteiger partial charge in [-0.1, -0.05) is 6.07 Å². The van der Waals surface area contributed by atoms with Crippen LogP contribution in [-0.4, -0.2) is 29.8 Å². The summed E-state index contributed by atoms with van der Waals surface area (Å²) in [7, 11) is 0. The van der Waals surface area contributed by atoms with Gasteiger partial charge in [-0.05, 0) is 49.2 Å². The molecule has 0 aromatic heterocycles. The van der Waals surface area contributed by atoms with E-state index in [4.69, 9.17) is 10.5 Å². The van der Waals surface area contributed by atoms with Crippen molar-refractivity contribution in [2.24, 2.45) is 11.7 Å². The summed E-state index contributed by atoms with van der Waals surface area (Å²) in [5, 5.41) is 0. The zero-order valence-electron chi connectivity index (χ0n) is 13.7. The Hall–Kier alpha value is -2.89. The first kappa shape index (κ1) is 17.0. The number of carbonyl (C=O) groups is 2. The van der Waals surface area contributed by atoms with E-state index in [1.54, 1.807) is 41.3 Å². The van der Waals surface area contributed by atoms with Crippen molar-refractivity contribution in [2.75, 3.05) is 13.1 Å². The lowest BCUT2D eigenvalue weighted by Crippen LogP contribution is -2.44. The summed E-state index contributed by atoms with van der Waals surface area (Å²) in [6.45, 7) is 0.972. The number of amides is 2. The molecule has 0 bridgehead atoms. The van der Waals surface area contributed by atoms with Gasteiger partial charge in [-0.2, -0.15) is 0 Å². The lowest BCUT2D eigenvalue weighted by molar-refractivity contribution is -0.123. The fourth-order valence-corrected chi connectivity index (χ4v) is 2.91. The monoisotopic (exact) mass is 342 g/mol. The van der Waals surface area contributed by atoms with Crippen LogP contribution in [0.1, 0.15) is 23.2 Å². The quantitative estimate of drug-likeness (QED) is 0.928. The smallest absolute Gasteiger partial charge is 0.253 e. The van der Waals surface area contributed by atoms with E-state index >= 15 is 0 Å². The van der Waals surface area contributed by atoms with E-state index in [1.807, 2.05) is 0 Å². The molecule has 6 heteroatoms. The van der Waals surface area contributed by atoms with Crippen LogP contribution in [0.15, 0.2) is 48.5 Å². The maximum absolute atomic E-state index is 13.2. The van der Waals surface area contributed by atoms with Crippen LogP contribution in [0.4, 0.5) is 4.39 Å². The molecular formula is C19H19FN2O3. The molecule has 2 amide bonds. The number of rotatable bonds is 4. The fraction of sp³-hybridized carbons (Fsp3) is 0.263. The molecule has 130 valence electrons. The van der Waals surface area contributed by atoms with Crippen LogP contribution in [0.3, 0.4) is 0 Å². The fourth-order valence-electron chi connectivity index (χ4n) is 2.91. The minimum atomic E-state index is -0.376. The van der Waals surface area contributed by atoms with Crippen molar-refractivity contribution < 1.29 is 18.7 Å². The van der Waals surface area contributed by atoms with Gasteiger partial charge in [-0.25, -0.2) is 4.39 Å². The summed E-state index contributed by atoms with van der Waals surface area (Å²) in [4.78, 5) is 25.6. The third-order valence-corrected chi connectivity index (χ3v) is 4.24. The summed E-state index contributed by atoms with van der Waals surface area (Å²) < 4.78 is 18.7. The van der Waals surface area contributed by atoms with Crippen molar-refractivity contribution in [1.82, 2.24) is 4.90 Å². The number of hydrogen-bond donors (Lipinski definition) is 1. The molecule has 1 fully saturated rings. The number of nitrogens with two attached hydrogens (primary N) is 1. The lowest BCUT2D eigenvalue weighted by atomic mass is 9.97. The zero-order valence-corrected chi connectivity index (χ0v) is 13.7. The Labute approximate surface area is 145 Å². The van der Waals surface area contributed by atoms with Crippen LogP contribution in [0, 0.1) is 11.7 Å². The van der Waals surface area contributed by atoms with Crippen molar-refractivity contribution >= 4 is 11.8 Å². The van der Waals surface area contributed by atoms with Crippen LogP contribution in [0.25, 0.3) is 0 Å². The molecule has 2 aromatic rings. The van der Waals surface area contributed by atoms with E-state index < -0.39 is 0 Å². The number of halogens is 1. The van der Waals surface area contributed by atoms with Gasteiger partial charge in [0.15, 0.2) is 0 Å². The molecule has 5 nitrogen and oxygen atoms in total. The first-order chi connectivity index (χ1) is 12.0. The first-order valence-electron chi connectivity index (χ1n) is 8.15. The Morgan fingerprint density at radius 3 is 2.56 bits per heavy atom. The highest BCUT2D eigenvalue weighted by Crippen LogP contribution is 2.23. The van der Waals surface area contributed by atoms with Crippen molar-refractivity contribution in [3.8, 4) is 11.5 Å². The van der Waals surface area contributed by atoms with Gasteiger partial charge in [0.05, 0.1) is 5.92 Å². The largest absolute Gasteiger partial charge is 0.457 e. The Morgan fingerprint density at radius 1 is 1.12 bits per heavy atom. The van der Waals surface area contributed by atoms with E-state index in [1.165, 1.54) is 12.1 Å². The molecule has 1 atom stereocenters. The molecule has 1 saturated heterocycles. The molecule has 2 aromatic carbocycles. The number of likely N-dealkylation sites (tertiary alicyclic amines) is 1. The zero-order chi connectivity index (χ0) is 17.8. The molecule has 0 radical (unpaired) electrons. The van der Waals surface area contributed by atoms with E-state index in [2.05, 4.69) is 0 Å². The molecule has 0 saturated carbocycles. The maximum Gasteiger partial charge on any atom is 0.253 e. The molecule has 3 rings (SSSR count). The summed E-state index contributed by atoms with van der Waals surface area (Å²) >= 11 is 0. The summed E-state index contributed by atoms with van der Waals surface area (Å²) in [6, 6.07) is 12.5. The second-order valence-corrected chi connectivity index (χ2v) is 6.08. The van der Waals surface area contributed by atoms with Crippen LogP contribution >= 0.6 is 0 Å². The highest BCUT2D eigenvalue weighted by atomic mass is 19.1. The second kappa shape index (κ2) is 7.34. The summed E-state index contributed by atoms with van der Waals surface area (Å²) in [6.07, 6.45) is 1.49. The van der Waals surface area contributed by atoms with Crippen molar-refractivity contribution in [2.45, 2.75) is 12.8 Å². The van der Waals surface area contributed by atoms with Crippen LogP contribution < -0.4 is 10.5 Å². The van der Waals surface area contributed by atoms with Gasteiger partial charge < -0.3 is 15.4 Å². The summed E-state index contributed by atoms with van der Waals surface area (Å²) in [5.41, 5.74) is 5.86. The first-order valence-corrected chi connectivity index (χ1v) is 8.15. The number of benzene rings is 2. The number of nitrogens with zero attached hydrogens (tertiary/aromatic N) is 1. The second-order valence-electron chi connectivity index (χ2n) is 6.08. The molecule has 25 heavy (non-hydrogen) atoms. The predicted octanol–water partition coefficient (Wildman–Crippen LogP) is 2.96. The number of hydrogen-bond acceptors (Lipinski definition) is 3. The topological polar surface area (TPSA) is 72.6 Å². The highest BCUT2D eigenvalue weighted by Gasteiger charge is 2.27. The average molecular weight is 342 g/mol. The van der Waals surface area contributed by atoms with Crippen LogP contribution in [-0.2, 0) is 4.79 Å².